The Morgan fingerprint density at radius 2 is 2.12 bits per heavy atom. The van der Waals surface area contributed by atoms with Crippen molar-refractivity contribution in [2.75, 3.05) is 26.4 Å². The van der Waals surface area contributed by atoms with Gasteiger partial charge < -0.3 is 23.9 Å². The first-order chi connectivity index (χ1) is 15.7. The van der Waals surface area contributed by atoms with Crippen molar-refractivity contribution in [2.24, 2.45) is 5.41 Å². The molecule has 0 bridgehead atoms. The minimum Gasteiger partial charge on any atom is -0.488 e. The number of carboxylic acids is 1. The molecule has 33 heavy (non-hydrogen) atoms. The minimum atomic E-state index is -1.23. The second-order valence-electron chi connectivity index (χ2n) is 9.59. The van der Waals surface area contributed by atoms with Crippen LogP contribution < -0.4 is 10.2 Å². The zero-order valence-corrected chi connectivity index (χ0v) is 18.9. The first-order valence-corrected chi connectivity index (χ1v) is 11.1. The van der Waals surface area contributed by atoms with Gasteiger partial charge in [-0.15, -0.1) is 0 Å². The maximum atomic E-state index is 12.6. The van der Waals surface area contributed by atoms with Crippen molar-refractivity contribution < 1.29 is 24.1 Å². The summed E-state index contributed by atoms with van der Waals surface area (Å²) in [4.78, 5) is 24.3. The van der Waals surface area contributed by atoms with Crippen LogP contribution in [-0.4, -0.2) is 58.0 Å². The van der Waals surface area contributed by atoms with Gasteiger partial charge in [-0.05, 0) is 11.5 Å². The fourth-order valence-electron chi connectivity index (χ4n) is 4.56. The van der Waals surface area contributed by atoms with E-state index in [4.69, 9.17) is 19.3 Å². The maximum Gasteiger partial charge on any atom is 0.341 e. The monoisotopic (exact) mass is 453 g/mol. The van der Waals surface area contributed by atoms with Crippen molar-refractivity contribution in [1.82, 2.24) is 14.3 Å². The van der Waals surface area contributed by atoms with Gasteiger partial charge in [0.2, 0.25) is 0 Å². The number of aromatic nitrogens is 3. The molecule has 2 aliphatic heterocycles. The molecule has 1 saturated heterocycles. The predicted octanol–water partition coefficient (Wildman–Crippen LogP) is 2.96. The van der Waals surface area contributed by atoms with Crippen LogP contribution in [0.4, 0.5) is 0 Å². The molecule has 4 heterocycles. The summed E-state index contributed by atoms with van der Waals surface area (Å²) in [6, 6.07) is 7.02. The van der Waals surface area contributed by atoms with E-state index in [1.165, 1.54) is 12.3 Å². The Balaban J connectivity index is 1.62. The summed E-state index contributed by atoms with van der Waals surface area (Å²) < 4.78 is 21.0. The summed E-state index contributed by atoms with van der Waals surface area (Å²) in [6.07, 6.45) is 1.34. The third kappa shape index (κ3) is 3.81. The lowest BCUT2D eigenvalue weighted by Gasteiger charge is -2.38. The molecule has 2 atom stereocenters. The van der Waals surface area contributed by atoms with E-state index in [-0.39, 0.29) is 23.1 Å². The van der Waals surface area contributed by atoms with Gasteiger partial charge >= 0.3 is 5.97 Å². The largest absolute Gasteiger partial charge is 0.488 e. The quantitative estimate of drug-likeness (QED) is 0.648. The van der Waals surface area contributed by atoms with Gasteiger partial charge in [-0.25, -0.2) is 4.79 Å². The van der Waals surface area contributed by atoms with Crippen LogP contribution in [0.15, 0.2) is 35.3 Å². The molecule has 1 aromatic carbocycles. The van der Waals surface area contributed by atoms with E-state index >= 15 is 0 Å². The van der Waals surface area contributed by atoms with E-state index in [9.17, 15) is 14.7 Å². The Kier molecular flexibility index (Phi) is 5.25. The van der Waals surface area contributed by atoms with Crippen LogP contribution >= 0.6 is 0 Å². The first-order valence-electron chi connectivity index (χ1n) is 11.1. The van der Waals surface area contributed by atoms with Gasteiger partial charge in [-0.2, -0.15) is 5.10 Å². The number of carbonyl (C=O) groups is 1. The van der Waals surface area contributed by atoms with Gasteiger partial charge in [-0.1, -0.05) is 32.9 Å². The van der Waals surface area contributed by atoms with Crippen molar-refractivity contribution in [1.29, 1.82) is 0 Å². The average molecular weight is 453 g/mol. The molecule has 0 radical (unpaired) electrons. The van der Waals surface area contributed by atoms with E-state index in [1.54, 1.807) is 0 Å². The van der Waals surface area contributed by atoms with Crippen molar-refractivity contribution in [3.63, 3.8) is 0 Å². The fraction of sp³-hybridized carbons (Fsp3) is 0.458. The molecule has 1 fully saturated rings. The number of hydrogen-bond acceptors (Lipinski definition) is 6. The van der Waals surface area contributed by atoms with Crippen molar-refractivity contribution in [3.8, 4) is 17.1 Å². The molecule has 0 saturated carbocycles. The number of carboxylic acid groups (broad SMARTS) is 1. The van der Waals surface area contributed by atoms with Crippen LogP contribution in [0, 0.1) is 5.41 Å². The van der Waals surface area contributed by atoms with Crippen molar-refractivity contribution in [3.05, 3.63) is 46.2 Å². The van der Waals surface area contributed by atoms with Gasteiger partial charge in [0.25, 0.3) is 0 Å². The molecular formula is C24H27N3O6. The molecule has 174 valence electrons. The fourth-order valence-corrected chi connectivity index (χ4v) is 4.56. The predicted molar refractivity (Wildman–Crippen MR) is 121 cm³/mol. The smallest absolute Gasteiger partial charge is 0.341 e. The number of aromatic carboxylic acids is 1. The molecule has 0 aliphatic carbocycles. The Labute approximate surface area is 190 Å². The van der Waals surface area contributed by atoms with Crippen LogP contribution in [0.1, 0.15) is 37.2 Å². The van der Waals surface area contributed by atoms with Crippen LogP contribution in [0.5, 0.6) is 5.75 Å². The number of nitrogens with zero attached hydrogens (tertiary/aromatic N) is 3. The number of hydrogen-bond donors (Lipinski definition) is 1. The van der Waals surface area contributed by atoms with Gasteiger partial charge in [0.15, 0.2) is 5.43 Å². The number of rotatable bonds is 4. The number of pyridine rings is 1. The summed E-state index contributed by atoms with van der Waals surface area (Å²) in [7, 11) is 0. The molecule has 0 spiro atoms. The summed E-state index contributed by atoms with van der Waals surface area (Å²) in [5, 5.41) is 15.2. The van der Waals surface area contributed by atoms with E-state index in [0.717, 1.165) is 11.1 Å². The summed E-state index contributed by atoms with van der Waals surface area (Å²) in [6.45, 7) is 8.81. The van der Waals surface area contributed by atoms with Gasteiger partial charge in [-0.3, -0.25) is 9.48 Å². The zero-order valence-electron chi connectivity index (χ0n) is 18.9. The lowest BCUT2D eigenvalue weighted by atomic mass is 9.85. The Bertz CT molecular complexity index is 1280. The third-order valence-electron chi connectivity index (χ3n) is 6.28. The molecule has 5 rings (SSSR count). The molecule has 2 aromatic heterocycles. The van der Waals surface area contributed by atoms with Crippen molar-refractivity contribution >= 4 is 16.9 Å². The van der Waals surface area contributed by atoms with Crippen LogP contribution in [0.25, 0.3) is 22.3 Å². The van der Waals surface area contributed by atoms with Gasteiger partial charge in [0, 0.05) is 17.6 Å². The highest BCUT2D eigenvalue weighted by Crippen LogP contribution is 2.43. The molecule has 0 amide bonds. The molecule has 2 aliphatic rings. The van der Waals surface area contributed by atoms with Crippen molar-refractivity contribution in [2.45, 2.75) is 39.5 Å². The molecule has 1 N–H and O–H groups in total. The summed E-state index contributed by atoms with van der Waals surface area (Å²) >= 11 is 0. The normalized spacial score (nSPS) is 20.3. The number of ether oxygens (including phenoxy) is 3. The topological polar surface area (TPSA) is 105 Å². The van der Waals surface area contributed by atoms with Gasteiger partial charge in [0.1, 0.15) is 29.5 Å². The van der Waals surface area contributed by atoms with E-state index in [2.05, 4.69) is 20.8 Å². The van der Waals surface area contributed by atoms with E-state index < -0.39 is 11.4 Å². The standard InChI is InChI=1S/C24H27N3O6/c1-24(2,3)20-11-27-22(17-9-18(28)16(23(29)30)10-26(17)20)15-5-4-6-19(21(15)25-27)33-13-14-12-31-7-8-32-14/h4-6,9-10,14,20H,7-8,11-13H2,1-3H3,(H,29,30). The van der Waals surface area contributed by atoms with E-state index in [1.807, 2.05) is 27.4 Å². The highest BCUT2D eigenvalue weighted by molar-refractivity contribution is 5.96. The number of fused-ring (bicyclic) bond motifs is 5. The van der Waals surface area contributed by atoms with E-state index in [0.29, 0.717) is 49.9 Å². The minimum absolute atomic E-state index is 0.0924. The Hall–Kier alpha value is -3.17. The lowest BCUT2D eigenvalue weighted by Crippen LogP contribution is -2.35. The number of benzene rings is 1. The maximum absolute atomic E-state index is 12.6. The Morgan fingerprint density at radius 3 is 2.82 bits per heavy atom. The molecule has 9 nitrogen and oxygen atoms in total. The molecule has 2 unspecified atom stereocenters. The summed E-state index contributed by atoms with van der Waals surface area (Å²) in [5.74, 6) is -0.594. The first kappa shape index (κ1) is 21.7. The second kappa shape index (κ2) is 8.00. The SMILES string of the molecule is CC(C)(C)C1Cn2nc3c(OCC4COCCO4)cccc3c2-c2cc(=O)c(C(=O)O)cn21. The highest BCUT2D eigenvalue weighted by Gasteiger charge is 2.35. The summed E-state index contributed by atoms with van der Waals surface area (Å²) in [5.41, 5.74) is 1.17. The molecule has 3 aromatic rings. The molecular weight excluding hydrogens is 426 g/mol. The zero-order chi connectivity index (χ0) is 23.3. The Morgan fingerprint density at radius 1 is 1.30 bits per heavy atom. The lowest BCUT2D eigenvalue weighted by molar-refractivity contribution is -0.101. The van der Waals surface area contributed by atoms with Gasteiger partial charge in [0.05, 0.1) is 43.8 Å². The van der Waals surface area contributed by atoms with Crippen LogP contribution in [-0.2, 0) is 16.0 Å². The highest BCUT2D eigenvalue weighted by atomic mass is 16.6. The third-order valence-corrected chi connectivity index (χ3v) is 6.28. The van der Waals surface area contributed by atoms with Crippen LogP contribution in [0.3, 0.4) is 0 Å². The second-order valence-corrected chi connectivity index (χ2v) is 9.59. The average Bonchev–Trinajstić information content (AvgIpc) is 3.16. The molecule has 9 heteroatoms. The van der Waals surface area contributed by atoms with Crippen LogP contribution in [0.2, 0.25) is 0 Å².